The van der Waals surface area contributed by atoms with Crippen molar-refractivity contribution in [1.82, 2.24) is 0 Å². The molecular formula is C33H23BrN2O5. The summed E-state index contributed by atoms with van der Waals surface area (Å²) in [5.41, 5.74) is 10.4. The van der Waals surface area contributed by atoms with Gasteiger partial charge in [0.15, 0.2) is 0 Å². The molecule has 8 heteroatoms. The minimum atomic E-state index is -0.630. The number of halogens is 1. The van der Waals surface area contributed by atoms with Crippen molar-refractivity contribution < 1.29 is 23.4 Å². The Bertz CT molecular complexity index is 1850. The maximum atomic E-state index is 13.0. The van der Waals surface area contributed by atoms with E-state index in [9.17, 15) is 10.1 Å². The fourth-order valence-electron chi connectivity index (χ4n) is 4.88. The SMILES string of the molecule is Cc1c(C(=O)Oc2ccc3c(c2)OC(N)=C(C#N)C3c2ccc(OCc3ccccc3)cc2)oc2ccc(Br)cc12. The molecule has 0 saturated carbocycles. The van der Waals surface area contributed by atoms with Crippen LogP contribution in [0.2, 0.25) is 0 Å². The molecule has 41 heavy (non-hydrogen) atoms. The summed E-state index contributed by atoms with van der Waals surface area (Å²) in [4.78, 5) is 13.0. The number of nitrogens with zero attached hydrogens (tertiary/aromatic N) is 1. The van der Waals surface area contributed by atoms with Crippen molar-refractivity contribution >= 4 is 32.9 Å². The third-order valence-corrected chi connectivity index (χ3v) is 7.44. The van der Waals surface area contributed by atoms with Crippen LogP contribution in [0.3, 0.4) is 0 Å². The predicted octanol–water partition coefficient (Wildman–Crippen LogP) is 7.52. The summed E-state index contributed by atoms with van der Waals surface area (Å²) in [7, 11) is 0. The second kappa shape index (κ2) is 10.9. The number of furan rings is 1. The van der Waals surface area contributed by atoms with Gasteiger partial charge in [-0.05, 0) is 54.4 Å². The van der Waals surface area contributed by atoms with Gasteiger partial charge in [-0.25, -0.2) is 4.79 Å². The number of carbonyl (C=O) groups excluding carboxylic acids is 1. The Morgan fingerprint density at radius 1 is 1.00 bits per heavy atom. The first-order valence-electron chi connectivity index (χ1n) is 12.8. The number of nitrogens with two attached hydrogens (primary N) is 1. The van der Waals surface area contributed by atoms with Crippen LogP contribution in [0, 0.1) is 18.3 Å². The van der Waals surface area contributed by atoms with Gasteiger partial charge in [0.1, 0.15) is 41.1 Å². The van der Waals surface area contributed by atoms with Crippen LogP contribution < -0.4 is 19.9 Å². The number of aryl methyl sites for hydroxylation is 1. The van der Waals surface area contributed by atoms with E-state index in [1.54, 1.807) is 24.3 Å². The van der Waals surface area contributed by atoms with E-state index in [-0.39, 0.29) is 17.4 Å². The van der Waals surface area contributed by atoms with Crippen molar-refractivity contribution in [2.45, 2.75) is 19.4 Å². The number of ether oxygens (including phenoxy) is 3. The molecule has 0 fully saturated rings. The van der Waals surface area contributed by atoms with Gasteiger partial charge in [0.25, 0.3) is 0 Å². The van der Waals surface area contributed by atoms with Gasteiger partial charge >= 0.3 is 5.97 Å². The van der Waals surface area contributed by atoms with Gasteiger partial charge in [0, 0.05) is 27.1 Å². The van der Waals surface area contributed by atoms with E-state index >= 15 is 0 Å². The molecule has 2 heterocycles. The molecule has 0 amide bonds. The Kier molecular flexibility index (Phi) is 6.96. The molecule has 1 aliphatic heterocycles. The Morgan fingerprint density at radius 2 is 1.76 bits per heavy atom. The van der Waals surface area contributed by atoms with E-state index in [1.165, 1.54) is 0 Å². The lowest BCUT2D eigenvalue weighted by atomic mass is 9.83. The maximum absolute atomic E-state index is 13.0. The predicted molar refractivity (Wildman–Crippen MR) is 157 cm³/mol. The lowest BCUT2D eigenvalue weighted by molar-refractivity contribution is 0.0702. The molecule has 0 spiro atoms. The van der Waals surface area contributed by atoms with Gasteiger partial charge < -0.3 is 24.4 Å². The molecule has 7 nitrogen and oxygen atoms in total. The van der Waals surface area contributed by atoms with Crippen LogP contribution in [0.4, 0.5) is 0 Å². The van der Waals surface area contributed by atoms with Gasteiger partial charge in [-0.1, -0.05) is 64.5 Å². The molecule has 1 aliphatic rings. The third kappa shape index (κ3) is 5.15. The summed E-state index contributed by atoms with van der Waals surface area (Å²) in [5, 5.41) is 10.7. The van der Waals surface area contributed by atoms with E-state index in [1.807, 2.05) is 73.7 Å². The topological polar surface area (TPSA) is 108 Å². The highest BCUT2D eigenvalue weighted by Gasteiger charge is 2.31. The van der Waals surface area contributed by atoms with Gasteiger partial charge in [-0.2, -0.15) is 5.26 Å². The van der Waals surface area contributed by atoms with Crippen molar-refractivity contribution in [2.24, 2.45) is 5.73 Å². The summed E-state index contributed by atoms with van der Waals surface area (Å²) in [6, 6.07) is 30.2. The van der Waals surface area contributed by atoms with Crippen LogP contribution in [0.1, 0.15) is 38.7 Å². The number of hydrogen-bond acceptors (Lipinski definition) is 7. The summed E-state index contributed by atoms with van der Waals surface area (Å²) in [5.74, 6) is 0.378. The lowest BCUT2D eigenvalue weighted by Gasteiger charge is -2.26. The maximum Gasteiger partial charge on any atom is 0.379 e. The van der Waals surface area contributed by atoms with Crippen molar-refractivity contribution in [2.75, 3.05) is 0 Å². The first-order chi connectivity index (χ1) is 19.9. The number of nitriles is 1. The second-order valence-electron chi connectivity index (χ2n) is 9.55. The fraction of sp³-hybridized carbons (Fsp3) is 0.0909. The number of rotatable bonds is 6. The monoisotopic (exact) mass is 606 g/mol. The largest absolute Gasteiger partial charge is 0.489 e. The summed E-state index contributed by atoms with van der Waals surface area (Å²) in [6.07, 6.45) is 0. The number of benzene rings is 4. The zero-order chi connectivity index (χ0) is 28.5. The second-order valence-corrected chi connectivity index (χ2v) is 10.5. The normalized spacial score (nSPS) is 14.2. The first kappa shape index (κ1) is 26.2. The minimum Gasteiger partial charge on any atom is -0.489 e. The molecule has 1 unspecified atom stereocenters. The van der Waals surface area contributed by atoms with Crippen molar-refractivity contribution in [3.05, 3.63) is 135 Å². The summed E-state index contributed by atoms with van der Waals surface area (Å²) >= 11 is 3.44. The molecule has 2 N–H and O–H groups in total. The van der Waals surface area contributed by atoms with E-state index in [4.69, 9.17) is 24.4 Å². The number of esters is 1. The number of fused-ring (bicyclic) bond motifs is 2. The molecule has 4 aromatic carbocycles. The molecule has 6 rings (SSSR count). The Labute approximate surface area is 244 Å². The lowest BCUT2D eigenvalue weighted by Crippen LogP contribution is -2.21. The van der Waals surface area contributed by atoms with E-state index < -0.39 is 11.9 Å². The average Bonchev–Trinajstić information content (AvgIpc) is 3.31. The Balaban J connectivity index is 1.25. The Morgan fingerprint density at radius 3 is 2.51 bits per heavy atom. The van der Waals surface area contributed by atoms with E-state index in [0.717, 1.165) is 26.5 Å². The molecule has 0 bridgehead atoms. The van der Waals surface area contributed by atoms with Crippen LogP contribution in [-0.4, -0.2) is 5.97 Å². The molecule has 0 saturated heterocycles. The number of hydrogen-bond donors (Lipinski definition) is 1. The first-order valence-corrected chi connectivity index (χ1v) is 13.6. The quantitative estimate of drug-likeness (QED) is 0.157. The van der Waals surface area contributed by atoms with E-state index in [0.29, 0.717) is 34.8 Å². The van der Waals surface area contributed by atoms with Crippen LogP contribution in [0.25, 0.3) is 11.0 Å². The average molecular weight is 607 g/mol. The Hall–Kier alpha value is -5.00. The standard InChI is InChI=1S/C33H23BrN2O5/c1-19-26-15-22(34)9-14-28(26)40-31(19)33(37)39-24-12-13-25-29(16-24)41-32(36)27(17-35)30(25)21-7-10-23(11-8-21)38-18-20-5-3-2-4-6-20/h2-16,30H,18,36H2,1H3. The fourth-order valence-corrected chi connectivity index (χ4v) is 5.24. The van der Waals surface area contributed by atoms with Crippen molar-refractivity contribution in [1.29, 1.82) is 5.26 Å². The van der Waals surface area contributed by atoms with Crippen LogP contribution in [-0.2, 0) is 6.61 Å². The molecule has 0 radical (unpaired) electrons. The summed E-state index contributed by atoms with van der Waals surface area (Å²) in [6.45, 7) is 2.26. The van der Waals surface area contributed by atoms with Gasteiger partial charge in [0.2, 0.25) is 11.6 Å². The molecule has 202 valence electrons. The van der Waals surface area contributed by atoms with Crippen LogP contribution in [0.5, 0.6) is 17.2 Å². The minimum absolute atomic E-state index is 0.00316. The number of allylic oxidation sites excluding steroid dienone is 1. The highest BCUT2D eigenvalue weighted by molar-refractivity contribution is 9.10. The smallest absolute Gasteiger partial charge is 0.379 e. The highest BCUT2D eigenvalue weighted by Crippen LogP contribution is 2.44. The van der Waals surface area contributed by atoms with Crippen molar-refractivity contribution in [3.8, 4) is 23.3 Å². The van der Waals surface area contributed by atoms with Gasteiger partial charge in [-0.3, -0.25) is 0 Å². The highest BCUT2D eigenvalue weighted by atomic mass is 79.9. The molecule has 1 atom stereocenters. The van der Waals surface area contributed by atoms with E-state index in [2.05, 4.69) is 22.0 Å². The molecule has 0 aliphatic carbocycles. The van der Waals surface area contributed by atoms with Gasteiger partial charge in [0.05, 0.1) is 5.92 Å². The molecule has 1 aromatic heterocycles. The van der Waals surface area contributed by atoms with Crippen LogP contribution >= 0.6 is 15.9 Å². The zero-order valence-corrected chi connectivity index (χ0v) is 23.5. The van der Waals surface area contributed by atoms with Crippen molar-refractivity contribution in [3.63, 3.8) is 0 Å². The summed E-state index contributed by atoms with van der Waals surface area (Å²) < 4.78 is 24.0. The molecular weight excluding hydrogens is 584 g/mol. The van der Waals surface area contributed by atoms with Crippen LogP contribution in [0.15, 0.2) is 111 Å². The zero-order valence-electron chi connectivity index (χ0n) is 21.9. The number of carbonyl (C=O) groups is 1. The molecule has 5 aromatic rings. The van der Waals surface area contributed by atoms with Gasteiger partial charge in [-0.15, -0.1) is 0 Å². The third-order valence-electron chi connectivity index (χ3n) is 6.95.